The molecule has 0 aromatic carbocycles. The lowest BCUT2D eigenvalue weighted by atomic mass is 9.58. The first-order valence-electron chi connectivity index (χ1n) is 43.6. The molecule has 0 heteroatoms. The van der Waals surface area contributed by atoms with Crippen molar-refractivity contribution in [2.45, 2.75) is 456 Å². The average Bonchev–Trinajstić information content (AvgIpc) is 1.75. The summed E-state index contributed by atoms with van der Waals surface area (Å²) in [5.74, 6) is 19.5. The van der Waals surface area contributed by atoms with Crippen molar-refractivity contribution in [3.8, 4) is 0 Å². The first-order chi connectivity index (χ1) is 43.6. The van der Waals surface area contributed by atoms with Gasteiger partial charge in [-0.1, -0.05) is 379 Å². The van der Waals surface area contributed by atoms with Crippen LogP contribution in [0, 0.1) is 140 Å². The Morgan fingerprint density at radius 1 is 0.312 bits per heavy atom. The van der Waals surface area contributed by atoms with Crippen LogP contribution in [0.25, 0.3) is 0 Å². The molecule has 0 aromatic rings. The summed E-state index contributed by atoms with van der Waals surface area (Å²) in [6.45, 7) is 59.6. The molecule has 0 radical (unpaired) electrons. The molecule has 0 aliphatic heterocycles. The van der Waals surface area contributed by atoms with E-state index in [1.807, 2.05) is 0 Å². The van der Waals surface area contributed by atoms with Crippen LogP contribution in [0.5, 0.6) is 0 Å². The fraction of sp³-hybridized carbons (Fsp3) is 1.00. The SMILES string of the molecule is CC(C)C1CCC1.CC(C)C1CCCC1.CC1C(C)(C)CCCC1(C)C.CC1CC2CCC1(C)C2.CC1CC2CCC1C2.CC1CCC(C)(C)CC1.CC1CCCC(C)C1C.CC1CCCC[C@H]1C.CCC1CCCC1.CCC1CCCCC1.C[C@@H]1CCCCC1(C)C. The Balaban J connectivity index is 0.000000267. The predicted molar refractivity (Wildman–Crippen MR) is 423 cm³/mol. The monoisotopic (exact) mass is 1300 g/mol. The third-order valence-electron chi connectivity index (χ3n) is 30.9. The zero-order valence-corrected chi connectivity index (χ0v) is 69.6. The average molecular weight is 1300 g/mol. The second kappa shape index (κ2) is 44.4. The van der Waals surface area contributed by atoms with Crippen LogP contribution in [-0.2, 0) is 0 Å². The van der Waals surface area contributed by atoms with Gasteiger partial charge in [-0.05, 0) is 217 Å². The maximum Gasteiger partial charge on any atom is -0.0297 e. The first-order valence-corrected chi connectivity index (χ1v) is 43.6. The highest BCUT2D eigenvalue weighted by atomic mass is 14.5. The Morgan fingerprint density at radius 2 is 0.731 bits per heavy atom. The number of hydrogen-bond acceptors (Lipinski definition) is 0. The fourth-order valence-corrected chi connectivity index (χ4v) is 20.2. The van der Waals surface area contributed by atoms with E-state index in [-0.39, 0.29) is 0 Å². The maximum absolute atomic E-state index is 2.48. The summed E-state index contributed by atoms with van der Waals surface area (Å²) < 4.78 is 0. The molecule has 554 valence electrons. The van der Waals surface area contributed by atoms with Crippen molar-refractivity contribution in [2.75, 3.05) is 0 Å². The van der Waals surface area contributed by atoms with Crippen molar-refractivity contribution in [1.29, 1.82) is 0 Å². The standard InChI is InChI=1S/C11H22.C9H16.3C9H18.C8H14.3C8H16.2C7H14/c1-9-10(2,3)7-6-8-11(9,4)5;1-7-5-8-3-4-9(7,2)6-8;1-8-4-6-9(2,3)7-5-8;1-8-6-4-5-7-9(8,2)3;1-7-5-4-6-8(2)9(7)3;1-6-4-7-2-3-8(6)5-7;1-7-5-3-4-6-8(7)2;1-7(2)8-5-3-4-6-8;1-2-8-6-4-3-5-7-8;1-6(2)7-4-3-5-7;1-2-7-5-3-4-6-7/h9H,6-8H2,1-5H3;7-8H,3-6H2,1-2H3;2*8H,4-7H2,1-3H3;7-9H,4-6H2,1-3H3;6-8H,2-5H2,1H3;2*7-8H,3-6H2,1-2H3;8H,2-7H2,1H3;6-7H,3-5H2,1-2H3;7H,2-6H2,1H3/t;;;8-;;;7-,8?;;;;/m...1..1..../s1. The molecular weight excluding hydrogens is 1120 g/mol. The van der Waals surface area contributed by atoms with Crippen LogP contribution in [0.3, 0.4) is 0 Å². The minimum Gasteiger partial charge on any atom is -0.0651 e. The Morgan fingerprint density at radius 3 is 0.989 bits per heavy atom. The summed E-state index contributed by atoms with van der Waals surface area (Å²) in [7, 11) is 0. The zero-order chi connectivity index (χ0) is 69.6. The van der Waals surface area contributed by atoms with Gasteiger partial charge in [0.15, 0.2) is 0 Å². The third kappa shape index (κ3) is 33.6. The van der Waals surface area contributed by atoms with Gasteiger partial charge in [0.1, 0.15) is 0 Å². The van der Waals surface area contributed by atoms with Crippen molar-refractivity contribution >= 4 is 0 Å². The number of fused-ring (bicyclic) bond motifs is 4. The van der Waals surface area contributed by atoms with Gasteiger partial charge in [0, 0.05) is 0 Å². The molecule has 13 aliphatic carbocycles. The summed E-state index contributed by atoms with van der Waals surface area (Å²) in [4.78, 5) is 0. The van der Waals surface area contributed by atoms with Gasteiger partial charge in [0.25, 0.3) is 0 Å². The smallest absolute Gasteiger partial charge is 0.0297 e. The first kappa shape index (κ1) is 87.2. The molecule has 13 rings (SSSR count). The van der Waals surface area contributed by atoms with E-state index >= 15 is 0 Å². The second-order valence-corrected chi connectivity index (χ2v) is 40.8. The molecule has 13 aliphatic rings. The quantitative estimate of drug-likeness (QED) is 0.263. The normalized spacial score (nSPS) is 34.9. The van der Waals surface area contributed by atoms with Gasteiger partial charge in [-0.15, -0.1) is 0 Å². The lowest BCUT2D eigenvalue weighted by Gasteiger charge is -2.47. The van der Waals surface area contributed by atoms with E-state index in [9.17, 15) is 0 Å². The Bertz CT molecular complexity index is 1750. The van der Waals surface area contributed by atoms with Crippen molar-refractivity contribution in [3.63, 3.8) is 0 Å². The molecule has 11 atom stereocenters. The van der Waals surface area contributed by atoms with E-state index in [1.54, 1.807) is 25.7 Å². The Hall–Kier alpha value is 0. The minimum absolute atomic E-state index is 0.571. The van der Waals surface area contributed by atoms with E-state index < -0.39 is 0 Å². The van der Waals surface area contributed by atoms with Gasteiger partial charge in [-0.3, -0.25) is 0 Å². The van der Waals surface area contributed by atoms with Crippen molar-refractivity contribution < 1.29 is 0 Å². The zero-order valence-electron chi connectivity index (χ0n) is 69.6. The van der Waals surface area contributed by atoms with E-state index in [4.69, 9.17) is 0 Å². The molecule has 9 unspecified atom stereocenters. The number of rotatable bonds is 4. The topological polar surface area (TPSA) is 0 Å². The third-order valence-corrected chi connectivity index (χ3v) is 30.9. The van der Waals surface area contributed by atoms with Gasteiger partial charge < -0.3 is 0 Å². The van der Waals surface area contributed by atoms with Gasteiger partial charge in [0.2, 0.25) is 0 Å². The van der Waals surface area contributed by atoms with Gasteiger partial charge >= 0.3 is 0 Å². The second-order valence-electron chi connectivity index (χ2n) is 40.8. The highest BCUT2D eigenvalue weighted by Crippen LogP contribution is 2.57. The molecule has 0 spiro atoms. The summed E-state index contributed by atoms with van der Waals surface area (Å²) in [6, 6.07) is 0. The Labute approximate surface area is 591 Å². The van der Waals surface area contributed by atoms with Gasteiger partial charge in [0.05, 0.1) is 0 Å². The van der Waals surface area contributed by atoms with Crippen molar-refractivity contribution in [1.82, 2.24) is 0 Å². The highest BCUT2D eigenvalue weighted by molar-refractivity contribution is 4.97. The van der Waals surface area contributed by atoms with Crippen LogP contribution in [0.15, 0.2) is 0 Å². The van der Waals surface area contributed by atoms with Crippen LogP contribution in [-0.4, -0.2) is 0 Å². The van der Waals surface area contributed by atoms with Crippen molar-refractivity contribution in [2.24, 2.45) is 140 Å². The van der Waals surface area contributed by atoms with Gasteiger partial charge in [-0.25, -0.2) is 0 Å². The van der Waals surface area contributed by atoms with Crippen LogP contribution in [0.4, 0.5) is 0 Å². The molecule has 0 saturated heterocycles. The molecule has 0 nitrogen and oxygen atoms in total. The summed E-state index contributed by atoms with van der Waals surface area (Å²) in [5.41, 5.74) is 3.21. The predicted octanol–water partition coefficient (Wildman–Crippen LogP) is 32.3. The lowest BCUT2D eigenvalue weighted by Crippen LogP contribution is -2.38. The van der Waals surface area contributed by atoms with Gasteiger partial charge in [-0.2, -0.15) is 0 Å². The fourth-order valence-electron chi connectivity index (χ4n) is 20.2. The Kier molecular flexibility index (Phi) is 41.6. The molecule has 4 bridgehead atoms. The molecule has 93 heavy (non-hydrogen) atoms. The summed E-state index contributed by atoms with van der Waals surface area (Å²) in [5, 5.41) is 0. The lowest BCUT2D eigenvalue weighted by molar-refractivity contribution is 0.0286. The van der Waals surface area contributed by atoms with Crippen molar-refractivity contribution in [3.05, 3.63) is 0 Å². The molecule has 0 aromatic heterocycles. The summed E-state index contributed by atoms with van der Waals surface area (Å²) in [6.07, 6.45) is 65.3. The largest absolute Gasteiger partial charge is 0.0651 e. The van der Waals surface area contributed by atoms with E-state index in [0.29, 0.717) is 21.7 Å². The molecule has 13 fully saturated rings. The molecule has 0 heterocycles. The maximum atomic E-state index is 2.48. The minimum atomic E-state index is 0.571. The highest BCUT2D eigenvalue weighted by Gasteiger charge is 2.46. The summed E-state index contributed by atoms with van der Waals surface area (Å²) >= 11 is 0. The van der Waals surface area contributed by atoms with Crippen LogP contribution >= 0.6 is 0 Å². The van der Waals surface area contributed by atoms with Crippen LogP contribution in [0.2, 0.25) is 0 Å². The molecular formula is C93H182. The molecule has 0 amide bonds. The van der Waals surface area contributed by atoms with E-state index in [2.05, 4.69) is 173 Å². The molecule has 0 N–H and O–H groups in total. The number of hydrogen-bond donors (Lipinski definition) is 0. The molecule has 13 saturated carbocycles. The van der Waals surface area contributed by atoms with E-state index in [0.717, 1.165) is 118 Å². The van der Waals surface area contributed by atoms with Crippen LogP contribution in [0.1, 0.15) is 456 Å². The van der Waals surface area contributed by atoms with Crippen LogP contribution < -0.4 is 0 Å². The van der Waals surface area contributed by atoms with E-state index in [1.165, 1.54) is 257 Å².